The molecule has 0 heterocycles. The van der Waals surface area contributed by atoms with Crippen LogP contribution in [0, 0.1) is 11.8 Å². The van der Waals surface area contributed by atoms with Gasteiger partial charge in [0.15, 0.2) is 0 Å². The van der Waals surface area contributed by atoms with Crippen molar-refractivity contribution in [2.45, 2.75) is 175 Å². The zero-order valence-corrected chi connectivity index (χ0v) is 21.4. The van der Waals surface area contributed by atoms with E-state index in [0.717, 1.165) is 11.8 Å². The van der Waals surface area contributed by atoms with Gasteiger partial charge in [-0.05, 0) is 18.3 Å². The summed E-state index contributed by atoms with van der Waals surface area (Å²) in [7, 11) is 0. The molecular formula is C29H60. The van der Waals surface area contributed by atoms with E-state index >= 15 is 0 Å². The van der Waals surface area contributed by atoms with Crippen molar-refractivity contribution < 1.29 is 0 Å². The van der Waals surface area contributed by atoms with Gasteiger partial charge in [0.1, 0.15) is 0 Å². The number of hydrogen-bond donors (Lipinski definition) is 0. The highest BCUT2D eigenvalue weighted by atomic mass is 14.2. The molecule has 29 heavy (non-hydrogen) atoms. The van der Waals surface area contributed by atoms with E-state index in [1.54, 1.807) is 6.42 Å². The third-order valence-corrected chi connectivity index (χ3v) is 7.03. The Labute approximate surface area is 187 Å². The summed E-state index contributed by atoms with van der Waals surface area (Å²) in [6.45, 7) is 9.36. The summed E-state index contributed by atoms with van der Waals surface area (Å²) in [5, 5.41) is 0. The molecule has 0 N–H and O–H groups in total. The molecular weight excluding hydrogens is 348 g/mol. The molecule has 0 rings (SSSR count). The highest BCUT2D eigenvalue weighted by molar-refractivity contribution is 4.69. The maximum Gasteiger partial charge on any atom is -0.0412 e. The lowest BCUT2D eigenvalue weighted by atomic mass is 9.82. The molecule has 0 saturated carbocycles. The summed E-state index contributed by atoms with van der Waals surface area (Å²) >= 11 is 0. The SMILES string of the molecule is CCCCCCCCC(CCCCC)CC(CCCCCC)CCCCCCC. The van der Waals surface area contributed by atoms with Gasteiger partial charge in [-0.1, -0.05) is 169 Å². The molecule has 0 spiro atoms. The maximum atomic E-state index is 2.36. The Morgan fingerprint density at radius 2 is 0.552 bits per heavy atom. The normalized spacial score (nSPS) is 13.7. The largest absolute Gasteiger partial charge is 0.0654 e. The zero-order chi connectivity index (χ0) is 21.4. The predicted molar refractivity (Wildman–Crippen MR) is 136 cm³/mol. The van der Waals surface area contributed by atoms with Crippen molar-refractivity contribution in [3.63, 3.8) is 0 Å². The summed E-state index contributed by atoms with van der Waals surface area (Å²) < 4.78 is 0. The van der Waals surface area contributed by atoms with Gasteiger partial charge in [-0.2, -0.15) is 0 Å². The Hall–Kier alpha value is 0. The van der Waals surface area contributed by atoms with E-state index in [-0.39, 0.29) is 0 Å². The van der Waals surface area contributed by atoms with Crippen LogP contribution in [0.15, 0.2) is 0 Å². The molecule has 0 heteroatoms. The number of hydrogen-bond acceptors (Lipinski definition) is 0. The third kappa shape index (κ3) is 21.0. The lowest BCUT2D eigenvalue weighted by Crippen LogP contribution is -2.10. The van der Waals surface area contributed by atoms with Crippen molar-refractivity contribution >= 4 is 0 Å². The number of unbranched alkanes of at least 4 members (excludes halogenated alkanes) is 14. The molecule has 0 amide bonds. The maximum absolute atomic E-state index is 2.36. The van der Waals surface area contributed by atoms with Crippen molar-refractivity contribution in [2.24, 2.45) is 11.8 Å². The summed E-state index contributed by atoms with van der Waals surface area (Å²) in [4.78, 5) is 0. The highest BCUT2D eigenvalue weighted by Crippen LogP contribution is 2.31. The molecule has 0 aliphatic rings. The molecule has 0 aliphatic carbocycles. The Bertz CT molecular complexity index is 282. The van der Waals surface area contributed by atoms with E-state index in [1.165, 1.54) is 141 Å². The minimum Gasteiger partial charge on any atom is -0.0654 e. The second-order valence-corrected chi connectivity index (χ2v) is 10.1. The molecule has 0 aromatic heterocycles. The molecule has 0 fully saturated rings. The topological polar surface area (TPSA) is 0 Å². The molecule has 176 valence electrons. The van der Waals surface area contributed by atoms with E-state index in [4.69, 9.17) is 0 Å². The van der Waals surface area contributed by atoms with Gasteiger partial charge < -0.3 is 0 Å². The highest BCUT2D eigenvalue weighted by Gasteiger charge is 2.16. The quantitative estimate of drug-likeness (QED) is 0.139. The molecule has 0 nitrogen and oxygen atoms in total. The van der Waals surface area contributed by atoms with E-state index in [9.17, 15) is 0 Å². The number of rotatable bonds is 24. The second kappa shape index (κ2) is 24.3. The van der Waals surface area contributed by atoms with Crippen LogP contribution in [0.4, 0.5) is 0 Å². The average molecular weight is 409 g/mol. The van der Waals surface area contributed by atoms with Gasteiger partial charge in [-0.25, -0.2) is 0 Å². The minimum absolute atomic E-state index is 1.03. The van der Waals surface area contributed by atoms with Crippen LogP contribution in [-0.4, -0.2) is 0 Å². The fourth-order valence-corrected chi connectivity index (χ4v) is 5.02. The molecule has 0 radical (unpaired) electrons. The molecule has 2 atom stereocenters. The molecule has 0 aliphatic heterocycles. The van der Waals surface area contributed by atoms with Crippen LogP contribution in [0.5, 0.6) is 0 Å². The van der Waals surface area contributed by atoms with Gasteiger partial charge in [0, 0.05) is 0 Å². The van der Waals surface area contributed by atoms with E-state index in [1.807, 2.05) is 0 Å². The van der Waals surface area contributed by atoms with Crippen LogP contribution in [0.2, 0.25) is 0 Å². The zero-order valence-electron chi connectivity index (χ0n) is 21.4. The molecule has 0 aromatic carbocycles. The van der Waals surface area contributed by atoms with Gasteiger partial charge >= 0.3 is 0 Å². The van der Waals surface area contributed by atoms with Crippen LogP contribution < -0.4 is 0 Å². The molecule has 2 unspecified atom stereocenters. The van der Waals surface area contributed by atoms with Gasteiger partial charge in [0.25, 0.3) is 0 Å². The molecule has 0 bridgehead atoms. The van der Waals surface area contributed by atoms with E-state index in [2.05, 4.69) is 27.7 Å². The minimum atomic E-state index is 1.03. The van der Waals surface area contributed by atoms with Crippen LogP contribution in [-0.2, 0) is 0 Å². The first kappa shape index (κ1) is 29.0. The van der Waals surface area contributed by atoms with Crippen molar-refractivity contribution in [1.82, 2.24) is 0 Å². The lowest BCUT2D eigenvalue weighted by Gasteiger charge is -2.24. The fourth-order valence-electron chi connectivity index (χ4n) is 5.02. The van der Waals surface area contributed by atoms with Gasteiger partial charge in [-0.15, -0.1) is 0 Å². The first-order valence-electron chi connectivity index (χ1n) is 14.3. The first-order valence-corrected chi connectivity index (χ1v) is 14.3. The summed E-state index contributed by atoms with van der Waals surface area (Å²) in [5.74, 6) is 2.06. The van der Waals surface area contributed by atoms with Gasteiger partial charge in [0.05, 0.1) is 0 Å². The van der Waals surface area contributed by atoms with Gasteiger partial charge in [0.2, 0.25) is 0 Å². The smallest absolute Gasteiger partial charge is 0.0412 e. The van der Waals surface area contributed by atoms with Crippen molar-refractivity contribution in [2.75, 3.05) is 0 Å². The predicted octanol–water partition coefficient (Wildman–Crippen LogP) is 11.3. The average Bonchev–Trinajstić information content (AvgIpc) is 2.73. The monoisotopic (exact) mass is 408 g/mol. The van der Waals surface area contributed by atoms with Crippen molar-refractivity contribution in [1.29, 1.82) is 0 Å². The van der Waals surface area contributed by atoms with Crippen LogP contribution in [0.25, 0.3) is 0 Å². The van der Waals surface area contributed by atoms with Crippen LogP contribution in [0.1, 0.15) is 175 Å². The Morgan fingerprint density at radius 3 is 0.931 bits per heavy atom. The first-order chi connectivity index (χ1) is 14.3. The van der Waals surface area contributed by atoms with Crippen molar-refractivity contribution in [3.8, 4) is 0 Å². The van der Waals surface area contributed by atoms with E-state index < -0.39 is 0 Å². The summed E-state index contributed by atoms with van der Waals surface area (Å²) in [5.41, 5.74) is 0. The lowest BCUT2D eigenvalue weighted by molar-refractivity contribution is 0.283. The van der Waals surface area contributed by atoms with Crippen LogP contribution in [0.3, 0.4) is 0 Å². The van der Waals surface area contributed by atoms with Crippen LogP contribution >= 0.6 is 0 Å². The third-order valence-electron chi connectivity index (χ3n) is 7.03. The molecule has 0 aromatic rings. The Morgan fingerprint density at radius 1 is 0.310 bits per heavy atom. The fraction of sp³-hybridized carbons (Fsp3) is 1.00. The summed E-state index contributed by atoms with van der Waals surface area (Å²) in [6.07, 6.45) is 33.8. The van der Waals surface area contributed by atoms with Crippen molar-refractivity contribution in [3.05, 3.63) is 0 Å². The Balaban J connectivity index is 4.41. The second-order valence-electron chi connectivity index (χ2n) is 10.1. The standard InChI is InChI=1S/C29H60/c1-5-9-13-16-18-22-26-28(23-19-12-8-4)27-29(24-20-15-11-7-3)25-21-17-14-10-6-2/h28-29H,5-27H2,1-4H3. The van der Waals surface area contributed by atoms with Gasteiger partial charge in [-0.3, -0.25) is 0 Å². The summed E-state index contributed by atoms with van der Waals surface area (Å²) in [6, 6.07) is 0. The Kier molecular flexibility index (Phi) is 24.3. The van der Waals surface area contributed by atoms with E-state index in [0.29, 0.717) is 0 Å². The molecule has 0 saturated heterocycles.